The van der Waals surface area contributed by atoms with Crippen molar-refractivity contribution in [2.45, 2.75) is 44.6 Å². The fraction of sp³-hybridized carbons (Fsp3) is 0.455. The second-order valence-electron chi connectivity index (χ2n) is 7.88. The molecule has 1 aromatic heterocycles. The summed E-state index contributed by atoms with van der Waals surface area (Å²) in [6.07, 6.45) is 4.29. The highest BCUT2D eigenvalue weighted by molar-refractivity contribution is 7.89. The first kappa shape index (κ1) is 23.0. The maximum atomic E-state index is 13.3. The summed E-state index contributed by atoms with van der Waals surface area (Å²) in [6.45, 7) is 5.98. The molecule has 3 rings (SSSR count). The quantitative estimate of drug-likeness (QED) is 0.700. The summed E-state index contributed by atoms with van der Waals surface area (Å²) in [5.41, 5.74) is 1.10. The summed E-state index contributed by atoms with van der Waals surface area (Å²) in [7, 11) is -2.23. The van der Waals surface area contributed by atoms with Crippen molar-refractivity contribution in [3.05, 3.63) is 41.3 Å². The molecule has 0 saturated carbocycles. The lowest BCUT2D eigenvalue weighted by Crippen LogP contribution is -2.44. The monoisotopic (exact) mass is 447 g/mol. The van der Waals surface area contributed by atoms with Crippen LogP contribution in [0.1, 0.15) is 43.7 Å². The predicted molar refractivity (Wildman–Crippen MR) is 118 cm³/mol. The number of para-hydroxylation sites is 1. The number of carbonyl (C=O) groups is 1. The van der Waals surface area contributed by atoms with E-state index in [-0.39, 0.29) is 41.6 Å². The first-order chi connectivity index (χ1) is 14.7. The van der Waals surface area contributed by atoms with Crippen molar-refractivity contribution in [3.63, 3.8) is 0 Å². The van der Waals surface area contributed by atoms with Gasteiger partial charge >= 0.3 is 0 Å². The Kier molecular flexibility index (Phi) is 7.17. The Morgan fingerprint density at radius 1 is 1.26 bits per heavy atom. The molecule has 0 unspecified atom stereocenters. The fourth-order valence-electron chi connectivity index (χ4n) is 3.66. The third-order valence-corrected chi connectivity index (χ3v) is 7.30. The summed E-state index contributed by atoms with van der Waals surface area (Å²) in [6, 6.07) is 7.47. The zero-order valence-electron chi connectivity index (χ0n) is 18.3. The number of hydrogen-bond acceptors (Lipinski definition) is 6. The summed E-state index contributed by atoms with van der Waals surface area (Å²) in [5, 5.41) is 6.78. The molecule has 1 aliphatic heterocycles. The molecule has 1 fully saturated rings. The van der Waals surface area contributed by atoms with Crippen molar-refractivity contribution in [2.24, 2.45) is 5.92 Å². The first-order valence-corrected chi connectivity index (χ1v) is 11.8. The number of aryl methyl sites for hydroxylation is 1. The molecule has 1 aromatic carbocycles. The van der Waals surface area contributed by atoms with Gasteiger partial charge in [-0.2, -0.15) is 4.31 Å². The Morgan fingerprint density at radius 2 is 1.94 bits per heavy atom. The maximum absolute atomic E-state index is 13.3. The number of sulfonamides is 1. The van der Waals surface area contributed by atoms with E-state index in [4.69, 9.17) is 9.26 Å². The van der Waals surface area contributed by atoms with E-state index >= 15 is 0 Å². The largest absolute Gasteiger partial charge is 0.496 e. The number of hydrogen-bond donors (Lipinski definition) is 1. The van der Waals surface area contributed by atoms with E-state index in [0.29, 0.717) is 24.3 Å². The van der Waals surface area contributed by atoms with Gasteiger partial charge in [0.25, 0.3) is 0 Å². The second-order valence-corrected chi connectivity index (χ2v) is 9.75. The van der Waals surface area contributed by atoms with Crippen molar-refractivity contribution in [1.29, 1.82) is 0 Å². The van der Waals surface area contributed by atoms with Gasteiger partial charge in [0, 0.05) is 30.6 Å². The normalized spacial score (nSPS) is 16.2. The number of nitrogens with one attached hydrogen (secondary N) is 1. The number of piperidine rings is 1. The molecule has 9 heteroatoms. The SMILES string of the molecule is COc1ccccc1C=Cc1onc(C)c1S(=O)(=O)N1CCC(C(=O)NC(C)C)CC1. The van der Waals surface area contributed by atoms with Crippen LogP contribution >= 0.6 is 0 Å². The van der Waals surface area contributed by atoms with Crippen LogP contribution in [-0.2, 0) is 14.8 Å². The van der Waals surface area contributed by atoms with Gasteiger partial charge in [-0.25, -0.2) is 8.42 Å². The molecule has 1 amide bonds. The van der Waals surface area contributed by atoms with Crippen LogP contribution in [0, 0.1) is 12.8 Å². The molecule has 0 bridgehead atoms. The van der Waals surface area contributed by atoms with Crippen LogP contribution < -0.4 is 10.1 Å². The molecule has 0 spiro atoms. The van der Waals surface area contributed by atoms with E-state index < -0.39 is 10.0 Å². The molecule has 0 atom stereocenters. The minimum absolute atomic E-state index is 0.0198. The molecule has 1 aliphatic rings. The number of nitrogens with zero attached hydrogens (tertiary/aromatic N) is 2. The average Bonchev–Trinajstić information content (AvgIpc) is 3.13. The minimum atomic E-state index is -3.81. The molecule has 168 valence electrons. The third kappa shape index (κ3) is 5.16. The van der Waals surface area contributed by atoms with Crippen molar-refractivity contribution < 1.29 is 22.5 Å². The van der Waals surface area contributed by atoms with Crippen molar-refractivity contribution in [3.8, 4) is 5.75 Å². The van der Waals surface area contributed by atoms with E-state index in [1.54, 1.807) is 26.2 Å². The Hall–Kier alpha value is -2.65. The van der Waals surface area contributed by atoms with Crippen LogP contribution in [0.4, 0.5) is 0 Å². The van der Waals surface area contributed by atoms with Crippen LogP contribution in [0.5, 0.6) is 5.75 Å². The standard InChI is InChI=1S/C22H29N3O5S/c1-15(2)23-22(26)18-11-13-25(14-12-18)31(27,28)21-16(3)24-30-20(21)10-9-17-7-5-6-8-19(17)29-4/h5-10,15,18H,11-14H2,1-4H3,(H,23,26). The minimum Gasteiger partial charge on any atom is -0.496 e. The lowest BCUT2D eigenvalue weighted by molar-refractivity contribution is -0.126. The molecule has 0 radical (unpaired) electrons. The van der Waals surface area contributed by atoms with E-state index in [1.807, 2.05) is 38.1 Å². The number of benzene rings is 1. The molecule has 8 nitrogen and oxygen atoms in total. The van der Waals surface area contributed by atoms with E-state index in [0.717, 1.165) is 5.56 Å². The van der Waals surface area contributed by atoms with Crippen molar-refractivity contribution in [1.82, 2.24) is 14.8 Å². The predicted octanol–water partition coefficient (Wildman–Crippen LogP) is 3.09. The first-order valence-electron chi connectivity index (χ1n) is 10.3. The maximum Gasteiger partial charge on any atom is 0.248 e. The number of methoxy groups -OCH3 is 1. The molecular formula is C22H29N3O5S. The molecule has 0 aliphatic carbocycles. The van der Waals surface area contributed by atoms with Gasteiger partial charge in [0.05, 0.1) is 7.11 Å². The Morgan fingerprint density at radius 3 is 2.58 bits per heavy atom. The van der Waals surface area contributed by atoms with E-state index in [2.05, 4.69) is 10.5 Å². The Labute approximate surface area is 183 Å². The van der Waals surface area contributed by atoms with Crippen LogP contribution in [-0.4, -0.2) is 50.0 Å². The van der Waals surface area contributed by atoms with Crippen LogP contribution in [0.25, 0.3) is 12.2 Å². The van der Waals surface area contributed by atoms with Gasteiger partial charge < -0.3 is 14.6 Å². The van der Waals surface area contributed by atoms with E-state index in [9.17, 15) is 13.2 Å². The highest BCUT2D eigenvalue weighted by atomic mass is 32.2. The van der Waals surface area contributed by atoms with Crippen LogP contribution in [0.3, 0.4) is 0 Å². The van der Waals surface area contributed by atoms with Crippen LogP contribution in [0.15, 0.2) is 33.7 Å². The second kappa shape index (κ2) is 9.65. The number of ether oxygens (including phenoxy) is 1. The van der Waals surface area contributed by atoms with Gasteiger partial charge in [0.1, 0.15) is 11.4 Å². The number of carbonyl (C=O) groups excluding carboxylic acids is 1. The van der Waals surface area contributed by atoms with Gasteiger partial charge in [-0.1, -0.05) is 23.4 Å². The highest BCUT2D eigenvalue weighted by Crippen LogP contribution is 2.30. The molecule has 1 saturated heterocycles. The summed E-state index contributed by atoms with van der Waals surface area (Å²) < 4.78 is 38.8. The van der Waals surface area contributed by atoms with E-state index in [1.165, 1.54) is 4.31 Å². The molecule has 1 N–H and O–H groups in total. The number of amides is 1. The lowest BCUT2D eigenvalue weighted by Gasteiger charge is -2.30. The Balaban J connectivity index is 1.79. The molecule has 31 heavy (non-hydrogen) atoms. The van der Waals surface area contributed by atoms with Crippen LogP contribution in [0.2, 0.25) is 0 Å². The lowest BCUT2D eigenvalue weighted by atomic mass is 9.97. The van der Waals surface area contributed by atoms with Crippen molar-refractivity contribution in [2.75, 3.05) is 20.2 Å². The summed E-state index contributed by atoms with van der Waals surface area (Å²) in [4.78, 5) is 12.3. The summed E-state index contributed by atoms with van der Waals surface area (Å²) >= 11 is 0. The smallest absolute Gasteiger partial charge is 0.248 e. The van der Waals surface area contributed by atoms with Gasteiger partial charge in [0.2, 0.25) is 15.9 Å². The van der Waals surface area contributed by atoms with Gasteiger partial charge in [-0.3, -0.25) is 4.79 Å². The highest BCUT2D eigenvalue weighted by Gasteiger charge is 2.35. The molecule has 2 heterocycles. The Bertz CT molecular complexity index is 1050. The van der Waals surface area contributed by atoms with Gasteiger partial charge in [-0.15, -0.1) is 0 Å². The van der Waals surface area contributed by atoms with Gasteiger partial charge in [0.15, 0.2) is 10.7 Å². The topological polar surface area (TPSA) is 102 Å². The number of aromatic nitrogens is 1. The molecular weight excluding hydrogens is 418 g/mol. The zero-order valence-corrected chi connectivity index (χ0v) is 19.1. The number of rotatable bonds is 7. The summed E-state index contributed by atoms with van der Waals surface area (Å²) in [5.74, 6) is 0.639. The van der Waals surface area contributed by atoms with Gasteiger partial charge in [-0.05, 0) is 51.8 Å². The average molecular weight is 448 g/mol. The van der Waals surface area contributed by atoms with Crippen molar-refractivity contribution >= 4 is 28.1 Å². The molecule has 2 aromatic rings. The third-order valence-electron chi connectivity index (χ3n) is 5.24. The fourth-order valence-corrected chi connectivity index (χ4v) is 5.38. The zero-order chi connectivity index (χ0) is 22.6.